The van der Waals surface area contributed by atoms with Crippen LogP contribution >= 0.6 is 15.9 Å². The maximum absolute atomic E-state index is 5.94. The van der Waals surface area contributed by atoms with E-state index < -0.39 is 0 Å². The van der Waals surface area contributed by atoms with E-state index >= 15 is 0 Å². The quantitative estimate of drug-likeness (QED) is 0.267. The Morgan fingerprint density at radius 3 is 2.52 bits per heavy atom. The predicted octanol–water partition coefficient (Wildman–Crippen LogP) is 7.40. The number of furan rings is 1. The number of rotatable bonds is 4. The van der Waals surface area contributed by atoms with Gasteiger partial charge in [-0.1, -0.05) is 40.2 Å². The molecule has 3 aromatic carbocycles. The van der Waals surface area contributed by atoms with E-state index in [1.54, 1.807) is 0 Å². The van der Waals surface area contributed by atoms with Crippen LogP contribution in [0.4, 0.5) is 5.69 Å². The first-order chi connectivity index (χ1) is 14.3. The van der Waals surface area contributed by atoms with E-state index in [4.69, 9.17) is 4.42 Å². The van der Waals surface area contributed by atoms with Crippen molar-refractivity contribution in [1.29, 1.82) is 0 Å². The minimum Gasteiger partial charge on any atom is -0.456 e. The fourth-order valence-electron chi connectivity index (χ4n) is 3.34. The summed E-state index contributed by atoms with van der Waals surface area (Å²) in [5, 5.41) is 1.11. The minimum absolute atomic E-state index is 0.866. The van der Waals surface area contributed by atoms with E-state index in [0.717, 1.165) is 43.8 Å². The van der Waals surface area contributed by atoms with E-state index in [0.29, 0.717) is 0 Å². The molecule has 0 aliphatic rings. The van der Waals surface area contributed by atoms with Crippen LogP contribution in [0, 0.1) is 0 Å². The van der Waals surface area contributed by atoms with Crippen molar-refractivity contribution in [2.75, 3.05) is 0 Å². The van der Waals surface area contributed by atoms with Crippen LogP contribution in [0.5, 0.6) is 0 Å². The van der Waals surface area contributed by atoms with Crippen molar-refractivity contribution in [2.24, 2.45) is 4.99 Å². The SMILES string of the molecule is Brc1cccc(-n2cccc2C=Nc2ccc(-c3cc4ccccc4o3)cc2)c1. The second-order valence-electron chi connectivity index (χ2n) is 6.74. The summed E-state index contributed by atoms with van der Waals surface area (Å²) in [6.45, 7) is 0. The molecule has 0 radical (unpaired) electrons. The summed E-state index contributed by atoms with van der Waals surface area (Å²) in [6, 6.07) is 30.5. The first kappa shape index (κ1) is 17.7. The molecule has 0 aliphatic heterocycles. The topological polar surface area (TPSA) is 30.4 Å². The van der Waals surface area contributed by atoms with Crippen molar-refractivity contribution in [3.8, 4) is 17.0 Å². The molecule has 5 rings (SSSR count). The summed E-state index contributed by atoms with van der Waals surface area (Å²) in [5.41, 5.74) is 4.94. The Labute approximate surface area is 177 Å². The molecular formula is C25H17BrN2O. The summed E-state index contributed by atoms with van der Waals surface area (Å²) in [5.74, 6) is 0.866. The highest BCUT2D eigenvalue weighted by atomic mass is 79.9. The number of fused-ring (bicyclic) bond motifs is 1. The average Bonchev–Trinajstić information content (AvgIpc) is 3.39. The third-order valence-corrected chi connectivity index (χ3v) is 5.28. The summed E-state index contributed by atoms with van der Waals surface area (Å²) >= 11 is 3.53. The van der Waals surface area contributed by atoms with Gasteiger partial charge in [-0.05, 0) is 66.7 Å². The van der Waals surface area contributed by atoms with Gasteiger partial charge in [-0.2, -0.15) is 0 Å². The molecule has 5 aromatic rings. The Balaban J connectivity index is 1.39. The number of hydrogen-bond acceptors (Lipinski definition) is 2. The van der Waals surface area contributed by atoms with E-state index in [-0.39, 0.29) is 0 Å². The molecule has 2 aromatic heterocycles. The Hall–Kier alpha value is -3.37. The number of aliphatic imine (C=N–C) groups is 1. The summed E-state index contributed by atoms with van der Waals surface area (Å²) in [7, 11) is 0. The smallest absolute Gasteiger partial charge is 0.135 e. The van der Waals surface area contributed by atoms with Crippen molar-refractivity contribution in [3.63, 3.8) is 0 Å². The molecule has 29 heavy (non-hydrogen) atoms. The zero-order valence-electron chi connectivity index (χ0n) is 15.5. The number of aromatic nitrogens is 1. The van der Waals surface area contributed by atoms with Crippen molar-refractivity contribution in [2.45, 2.75) is 0 Å². The van der Waals surface area contributed by atoms with Gasteiger partial charge in [0.15, 0.2) is 0 Å². The molecule has 0 spiro atoms. The highest BCUT2D eigenvalue weighted by molar-refractivity contribution is 9.10. The predicted molar refractivity (Wildman–Crippen MR) is 122 cm³/mol. The van der Waals surface area contributed by atoms with E-state index in [1.807, 2.05) is 79.1 Å². The molecule has 140 valence electrons. The van der Waals surface area contributed by atoms with Gasteiger partial charge >= 0.3 is 0 Å². The molecule has 0 atom stereocenters. The van der Waals surface area contributed by atoms with Crippen LogP contribution < -0.4 is 0 Å². The van der Waals surface area contributed by atoms with E-state index in [2.05, 4.69) is 49.8 Å². The van der Waals surface area contributed by atoms with Crippen LogP contribution in [0.3, 0.4) is 0 Å². The maximum Gasteiger partial charge on any atom is 0.135 e. The third-order valence-electron chi connectivity index (χ3n) is 4.79. The molecule has 0 amide bonds. The zero-order chi connectivity index (χ0) is 19.6. The molecular weight excluding hydrogens is 424 g/mol. The average molecular weight is 441 g/mol. The summed E-state index contributed by atoms with van der Waals surface area (Å²) in [4.78, 5) is 4.65. The molecule has 2 heterocycles. The molecule has 0 aliphatic carbocycles. The van der Waals surface area contributed by atoms with Crippen LogP contribution in [0.1, 0.15) is 5.69 Å². The lowest BCUT2D eigenvalue weighted by Crippen LogP contribution is -1.97. The van der Waals surface area contributed by atoms with Gasteiger partial charge in [-0.15, -0.1) is 0 Å². The van der Waals surface area contributed by atoms with Gasteiger partial charge in [0.2, 0.25) is 0 Å². The van der Waals surface area contributed by atoms with Crippen LogP contribution in [-0.2, 0) is 0 Å². The number of benzene rings is 3. The molecule has 0 saturated carbocycles. The van der Waals surface area contributed by atoms with E-state index in [9.17, 15) is 0 Å². The van der Waals surface area contributed by atoms with Gasteiger partial charge in [0.1, 0.15) is 11.3 Å². The Bertz CT molecular complexity index is 1280. The number of para-hydroxylation sites is 1. The van der Waals surface area contributed by atoms with Gasteiger partial charge in [0, 0.05) is 27.3 Å². The Morgan fingerprint density at radius 2 is 1.69 bits per heavy atom. The molecule has 0 saturated heterocycles. The number of halogens is 1. The van der Waals surface area contributed by atoms with Crippen molar-refractivity contribution >= 4 is 38.8 Å². The number of hydrogen-bond donors (Lipinski definition) is 0. The normalized spacial score (nSPS) is 11.5. The van der Waals surface area contributed by atoms with Crippen molar-refractivity contribution in [3.05, 3.63) is 107 Å². The lowest BCUT2D eigenvalue weighted by atomic mass is 10.1. The Morgan fingerprint density at radius 1 is 0.828 bits per heavy atom. The van der Waals surface area contributed by atoms with Gasteiger partial charge in [0.25, 0.3) is 0 Å². The van der Waals surface area contributed by atoms with Crippen molar-refractivity contribution in [1.82, 2.24) is 4.57 Å². The van der Waals surface area contributed by atoms with Crippen LogP contribution in [-0.4, -0.2) is 10.8 Å². The highest BCUT2D eigenvalue weighted by Crippen LogP contribution is 2.29. The van der Waals surface area contributed by atoms with Crippen LogP contribution in [0.15, 0.2) is 111 Å². The molecule has 3 nitrogen and oxygen atoms in total. The summed E-state index contributed by atoms with van der Waals surface area (Å²) < 4.78 is 9.10. The fourth-order valence-corrected chi connectivity index (χ4v) is 3.72. The van der Waals surface area contributed by atoms with Gasteiger partial charge < -0.3 is 8.98 Å². The summed E-state index contributed by atoms with van der Waals surface area (Å²) in [6.07, 6.45) is 3.92. The molecule has 0 bridgehead atoms. The minimum atomic E-state index is 0.866. The maximum atomic E-state index is 5.94. The lowest BCUT2D eigenvalue weighted by Gasteiger charge is -2.06. The van der Waals surface area contributed by atoms with Crippen molar-refractivity contribution < 1.29 is 4.42 Å². The third kappa shape index (κ3) is 3.67. The second-order valence-corrected chi connectivity index (χ2v) is 7.65. The monoisotopic (exact) mass is 440 g/mol. The van der Waals surface area contributed by atoms with Gasteiger partial charge in [-0.25, -0.2) is 0 Å². The molecule has 4 heteroatoms. The first-order valence-corrected chi connectivity index (χ1v) is 10.1. The second kappa shape index (κ2) is 7.57. The van der Waals surface area contributed by atoms with Crippen LogP contribution in [0.25, 0.3) is 28.0 Å². The van der Waals surface area contributed by atoms with E-state index in [1.165, 1.54) is 0 Å². The fraction of sp³-hybridized carbons (Fsp3) is 0. The highest BCUT2D eigenvalue weighted by Gasteiger charge is 2.06. The molecule has 0 fully saturated rings. The van der Waals surface area contributed by atoms with Crippen LogP contribution in [0.2, 0.25) is 0 Å². The van der Waals surface area contributed by atoms with Gasteiger partial charge in [0.05, 0.1) is 17.6 Å². The Kier molecular flexibility index (Phi) is 4.62. The standard InChI is InChI=1S/C25H17BrN2O/c26-20-6-3-7-22(16-20)28-14-4-8-23(28)17-27-21-12-10-18(11-13-21)25-15-19-5-1-2-9-24(19)29-25/h1-17H. The first-order valence-electron chi connectivity index (χ1n) is 9.33. The largest absolute Gasteiger partial charge is 0.456 e. The molecule has 0 unspecified atom stereocenters. The lowest BCUT2D eigenvalue weighted by molar-refractivity contribution is 0.631. The number of nitrogens with zero attached hydrogens (tertiary/aromatic N) is 2. The van der Waals surface area contributed by atoms with Gasteiger partial charge in [-0.3, -0.25) is 4.99 Å². The zero-order valence-corrected chi connectivity index (χ0v) is 17.1. The molecule has 0 N–H and O–H groups in total.